The molecule has 1 N–H and O–H groups in total. The molecule has 30 heavy (non-hydrogen) atoms. The Morgan fingerprint density at radius 1 is 1.10 bits per heavy atom. The molecule has 1 aliphatic heterocycles. The smallest absolute Gasteiger partial charge is 0.231 e. The lowest BCUT2D eigenvalue weighted by Crippen LogP contribution is -3.11. The van der Waals surface area contributed by atoms with E-state index < -0.39 is 0 Å². The molecule has 0 unspecified atom stereocenters. The molecule has 2 aromatic rings. The van der Waals surface area contributed by atoms with Gasteiger partial charge in [0.15, 0.2) is 5.76 Å². The minimum absolute atomic E-state index is 0.0748. The third-order valence-electron chi connectivity index (χ3n) is 5.11. The highest BCUT2D eigenvalue weighted by atomic mass is 16.5. The number of quaternary nitrogens is 1. The maximum absolute atomic E-state index is 12.9. The fraction of sp³-hybridized carbons (Fsp3) is 0.400. The fourth-order valence-electron chi connectivity index (χ4n) is 3.97. The van der Waals surface area contributed by atoms with Gasteiger partial charge in [0.1, 0.15) is 18.0 Å². The molecule has 160 valence electrons. The minimum Gasteiger partial charge on any atom is -0.872 e. The third-order valence-corrected chi connectivity index (χ3v) is 5.11. The van der Waals surface area contributed by atoms with Gasteiger partial charge in [-0.1, -0.05) is 51.6 Å². The van der Waals surface area contributed by atoms with Gasteiger partial charge in [0, 0.05) is 17.4 Å². The highest BCUT2D eigenvalue weighted by Crippen LogP contribution is 2.38. The van der Waals surface area contributed by atoms with Crippen molar-refractivity contribution in [3.05, 3.63) is 58.8 Å². The van der Waals surface area contributed by atoms with Gasteiger partial charge in [0.05, 0.1) is 25.8 Å². The number of nitrogens with one attached hydrogen (secondary N) is 1. The number of fused-ring (bicyclic) bond motifs is 1. The fourth-order valence-corrected chi connectivity index (χ4v) is 3.97. The number of benzene rings is 2. The molecular weight excluding hydrogens is 378 g/mol. The number of rotatable bonds is 8. The van der Waals surface area contributed by atoms with Crippen LogP contribution in [0, 0.1) is 11.8 Å². The van der Waals surface area contributed by atoms with Gasteiger partial charge in [-0.3, -0.25) is 4.79 Å². The third kappa shape index (κ3) is 5.03. The lowest BCUT2D eigenvalue weighted by Gasteiger charge is -2.26. The van der Waals surface area contributed by atoms with Crippen molar-refractivity contribution < 1.29 is 24.3 Å². The first-order valence-electron chi connectivity index (χ1n) is 10.5. The molecule has 0 saturated heterocycles. The average Bonchev–Trinajstić information content (AvgIpc) is 2.99. The van der Waals surface area contributed by atoms with Crippen LogP contribution in [0.25, 0.3) is 6.08 Å². The van der Waals surface area contributed by atoms with E-state index in [0.717, 1.165) is 18.7 Å². The van der Waals surface area contributed by atoms with E-state index in [4.69, 9.17) is 9.47 Å². The largest absolute Gasteiger partial charge is 0.872 e. The Bertz CT molecular complexity index is 936. The van der Waals surface area contributed by atoms with E-state index in [1.165, 1.54) is 11.0 Å². The lowest BCUT2D eigenvalue weighted by atomic mass is 10.0. The Morgan fingerprint density at radius 3 is 2.43 bits per heavy atom. The van der Waals surface area contributed by atoms with Gasteiger partial charge >= 0.3 is 0 Å². The summed E-state index contributed by atoms with van der Waals surface area (Å²) >= 11 is 0. The van der Waals surface area contributed by atoms with Crippen molar-refractivity contribution in [3.8, 4) is 17.2 Å². The Kier molecular flexibility index (Phi) is 6.83. The number of hydrogen-bond donors (Lipinski definition) is 1. The number of carbonyl (C=O) groups is 1. The van der Waals surface area contributed by atoms with Crippen molar-refractivity contribution in [2.45, 2.75) is 34.2 Å². The van der Waals surface area contributed by atoms with Crippen LogP contribution in [0.5, 0.6) is 17.2 Å². The molecule has 0 fully saturated rings. The molecule has 5 nitrogen and oxygen atoms in total. The molecule has 0 aromatic heterocycles. The van der Waals surface area contributed by atoms with E-state index in [9.17, 15) is 9.90 Å². The van der Waals surface area contributed by atoms with E-state index in [1.807, 2.05) is 24.3 Å². The second-order valence-corrected chi connectivity index (χ2v) is 8.76. The van der Waals surface area contributed by atoms with Crippen molar-refractivity contribution in [2.24, 2.45) is 11.8 Å². The van der Waals surface area contributed by atoms with Gasteiger partial charge in [-0.05, 0) is 29.8 Å². The topological polar surface area (TPSA) is 63.0 Å². The molecular formula is C25H31NO4. The molecule has 0 atom stereocenters. The number of allylic oxidation sites excluding steroid dienone is 1. The van der Waals surface area contributed by atoms with Crippen molar-refractivity contribution in [3.63, 3.8) is 0 Å². The molecule has 0 amide bonds. The molecule has 2 aromatic carbocycles. The summed E-state index contributed by atoms with van der Waals surface area (Å²) in [5.41, 5.74) is 1.86. The highest BCUT2D eigenvalue weighted by Gasteiger charge is 2.31. The zero-order valence-electron chi connectivity index (χ0n) is 18.5. The maximum atomic E-state index is 12.9. The Hall–Kier alpha value is -2.79. The van der Waals surface area contributed by atoms with Crippen molar-refractivity contribution in [2.75, 3.05) is 20.2 Å². The van der Waals surface area contributed by atoms with Gasteiger partial charge in [-0.25, -0.2) is 0 Å². The van der Waals surface area contributed by atoms with Crippen molar-refractivity contribution in [1.29, 1.82) is 0 Å². The van der Waals surface area contributed by atoms with Crippen LogP contribution in [0.2, 0.25) is 0 Å². The van der Waals surface area contributed by atoms with Crippen LogP contribution in [0.3, 0.4) is 0 Å². The average molecular weight is 410 g/mol. The number of hydrogen-bond acceptors (Lipinski definition) is 4. The molecule has 0 radical (unpaired) electrons. The summed E-state index contributed by atoms with van der Waals surface area (Å²) in [7, 11) is 1.60. The minimum atomic E-state index is -0.191. The Morgan fingerprint density at radius 2 is 1.80 bits per heavy atom. The number of ketones is 1. The van der Waals surface area contributed by atoms with Crippen LogP contribution in [0.4, 0.5) is 0 Å². The standard InChI is InChI=1S/C25H31NO4/c1-16(2)13-26(14-17(3)4)15-21-22(27)10-9-20-24(28)23(30-25(20)21)12-18-7-6-8-19(11-18)29-5/h6-12,16-17,27H,13-15H2,1-5H3/b23-12-. The quantitative estimate of drug-likeness (QED) is 0.681. The molecule has 0 spiro atoms. The molecule has 0 bridgehead atoms. The van der Waals surface area contributed by atoms with Crippen LogP contribution in [-0.4, -0.2) is 26.0 Å². The van der Waals surface area contributed by atoms with E-state index in [-0.39, 0.29) is 17.3 Å². The number of Topliss-reactive ketones (excluding diaryl/α,β-unsaturated/α-hetero) is 1. The zero-order chi connectivity index (χ0) is 21.8. The second kappa shape index (κ2) is 9.35. The normalized spacial score (nSPS) is 14.7. The van der Waals surface area contributed by atoms with Crippen molar-refractivity contribution >= 4 is 11.9 Å². The summed E-state index contributed by atoms with van der Waals surface area (Å²) in [6.07, 6.45) is 1.70. The summed E-state index contributed by atoms with van der Waals surface area (Å²) in [5.74, 6) is 2.12. The summed E-state index contributed by atoms with van der Waals surface area (Å²) < 4.78 is 11.2. The molecule has 0 saturated carbocycles. The van der Waals surface area contributed by atoms with Gasteiger partial charge in [0.2, 0.25) is 5.78 Å². The number of methoxy groups -OCH3 is 1. The first kappa shape index (κ1) is 21.9. The molecule has 1 heterocycles. The van der Waals surface area contributed by atoms with Gasteiger partial charge in [-0.2, -0.15) is 0 Å². The first-order chi connectivity index (χ1) is 14.3. The zero-order valence-corrected chi connectivity index (χ0v) is 18.5. The van der Waals surface area contributed by atoms with Crippen molar-refractivity contribution in [1.82, 2.24) is 0 Å². The predicted octanol–water partition coefficient (Wildman–Crippen LogP) is 3.08. The van der Waals surface area contributed by atoms with Crippen LogP contribution in [0.15, 0.2) is 42.2 Å². The van der Waals surface area contributed by atoms with Gasteiger partial charge in [0.25, 0.3) is 0 Å². The number of carbonyl (C=O) groups excluding carboxylic acids is 1. The molecule has 0 aliphatic carbocycles. The summed E-state index contributed by atoms with van der Waals surface area (Å²) in [6.45, 7) is 11.2. The van der Waals surface area contributed by atoms with Crippen LogP contribution < -0.4 is 19.5 Å². The van der Waals surface area contributed by atoms with Gasteiger partial charge < -0.3 is 19.5 Å². The summed E-state index contributed by atoms with van der Waals surface area (Å²) in [4.78, 5) is 14.3. The van der Waals surface area contributed by atoms with E-state index in [0.29, 0.717) is 41.0 Å². The SMILES string of the molecule is COc1cccc(/C=C2\Oc3c(ccc([O-])c3C[NH+](CC(C)C)CC(C)C)C2=O)c1. The Balaban J connectivity index is 1.92. The monoisotopic (exact) mass is 409 g/mol. The van der Waals surface area contributed by atoms with Crippen LogP contribution in [0.1, 0.15) is 49.2 Å². The van der Waals surface area contributed by atoms with Crippen LogP contribution >= 0.6 is 0 Å². The highest BCUT2D eigenvalue weighted by molar-refractivity contribution is 6.14. The van der Waals surface area contributed by atoms with E-state index in [1.54, 1.807) is 19.3 Å². The van der Waals surface area contributed by atoms with Crippen LogP contribution in [-0.2, 0) is 6.54 Å². The second-order valence-electron chi connectivity index (χ2n) is 8.76. The first-order valence-corrected chi connectivity index (χ1v) is 10.5. The summed E-state index contributed by atoms with van der Waals surface area (Å²) in [6, 6.07) is 10.5. The molecule has 1 aliphatic rings. The Labute approximate surface area is 178 Å². The van der Waals surface area contributed by atoms with E-state index >= 15 is 0 Å². The molecule has 3 rings (SSSR count). The van der Waals surface area contributed by atoms with E-state index in [2.05, 4.69) is 27.7 Å². The van der Waals surface area contributed by atoms with Gasteiger partial charge in [-0.15, -0.1) is 0 Å². The lowest BCUT2D eigenvalue weighted by molar-refractivity contribution is -0.919. The molecule has 5 heteroatoms. The predicted molar refractivity (Wildman–Crippen MR) is 116 cm³/mol. The summed E-state index contributed by atoms with van der Waals surface area (Å²) in [5, 5.41) is 12.7. The number of ether oxygens (including phenoxy) is 2. The maximum Gasteiger partial charge on any atom is 0.231 e.